The zero-order valence-corrected chi connectivity index (χ0v) is 29.3. The fraction of sp³-hybridized carbons (Fsp3) is 0.447. The Bertz CT molecular complexity index is 1440. The lowest BCUT2D eigenvalue weighted by molar-refractivity contribution is -0.890. The number of nitrogens with zero attached hydrogens (tertiary/aromatic N) is 1. The molecule has 0 heterocycles. The smallest absolute Gasteiger partial charge is 0.411 e. The molecule has 3 N–H and O–H groups in total. The molecule has 3 amide bonds. The average molecular weight is 664 g/mol. The van der Waals surface area contributed by atoms with Gasteiger partial charge in [0.1, 0.15) is 13.2 Å². The second-order valence-electron chi connectivity index (χ2n) is 12.8. The molecule has 3 aromatic carbocycles. The molecule has 0 bridgehead atoms. The number of benzene rings is 3. The lowest BCUT2D eigenvalue weighted by atomic mass is 10.0. The van der Waals surface area contributed by atoms with Crippen LogP contribution in [0.5, 0.6) is 0 Å². The minimum atomic E-state index is -0.544. The third-order valence-corrected chi connectivity index (χ3v) is 8.56. The number of anilines is 3. The number of para-hydroxylation sites is 1. The minimum Gasteiger partial charge on any atom is -0.443 e. The van der Waals surface area contributed by atoms with Crippen LogP contribution in [0.3, 0.4) is 0 Å². The van der Waals surface area contributed by atoms with Crippen molar-refractivity contribution in [3.8, 4) is 0 Å². The standard InChI is InChI=1S/C38H51ClN4O4/c1-5-6-7-8-9-10-11-12-13-16-25-43(3,4)26-27-47-38(46)40-32-24-19-29(2)35(28-32)42-37(45)41-34-18-15-14-17-33(34)36(44)30-20-22-31(39)23-21-30/h14-15,17-24,28H,5-13,16,25-27H2,1-4H3,(H2-,40,41,42,44,45,46)/p+1. The van der Waals surface area contributed by atoms with Gasteiger partial charge < -0.3 is 19.9 Å². The fourth-order valence-electron chi connectivity index (χ4n) is 5.34. The summed E-state index contributed by atoms with van der Waals surface area (Å²) in [7, 11) is 4.34. The Balaban J connectivity index is 1.42. The largest absolute Gasteiger partial charge is 0.443 e. The van der Waals surface area contributed by atoms with Crippen molar-refractivity contribution in [2.75, 3.05) is 49.7 Å². The van der Waals surface area contributed by atoms with Crippen molar-refractivity contribution in [3.05, 3.63) is 88.4 Å². The molecular formula is C38H52ClN4O4+. The van der Waals surface area contributed by atoms with Crippen LogP contribution in [0.4, 0.5) is 26.7 Å². The maximum absolute atomic E-state index is 13.1. The molecule has 0 aliphatic heterocycles. The van der Waals surface area contributed by atoms with Crippen LogP contribution in [0.2, 0.25) is 5.02 Å². The summed E-state index contributed by atoms with van der Waals surface area (Å²) in [6.07, 6.45) is 12.6. The first kappa shape index (κ1) is 37.6. The topological polar surface area (TPSA) is 96.5 Å². The van der Waals surface area contributed by atoms with E-state index in [9.17, 15) is 14.4 Å². The van der Waals surface area contributed by atoms with E-state index < -0.39 is 12.1 Å². The van der Waals surface area contributed by atoms with E-state index in [1.165, 1.54) is 64.2 Å². The second kappa shape index (κ2) is 19.7. The number of hydrogen-bond acceptors (Lipinski definition) is 4. The van der Waals surface area contributed by atoms with Gasteiger partial charge in [-0.1, -0.05) is 88.1 Å². The number of unbranched alkanes of at least 4 members (excludes halogenated alkanes) is 9. The van der Waals surface area contributed by atoms with Crippen LogP contribution in [-0.4, -0.2) is 56.2 Å². The summed E-state index contributed by atoms with van der Waals surface area (Å²) < 4.78 is 6.28. The fourth-order valence-corrected chi connectivity index (χ4v) is 5.46. The van der Waals surface area contributed by atoms with Crippen LogP contribution in [0.1, 0.15) is 92.6 Å². The molecule has 0 saturated heterocycles. The van der Waals surface area contributed by atoms with E-state index in [4.69, 9.17) is 16.3 Å². The zero-order chi connectivity index (χ0) is 34.1. The van der Waals surface area contributed by atoms with Gasteiger partial charge in [-0.3, -0.25) is 10.1 Å². The molecule has 0 unspecified atom stereocenters. The van der Waals surface area contributed by atoms with Gasteiger partial charge in [0.15, 0.2) is 5.78 Å². The first-order valence-corrected chi connectivity index (χ1v) is 17.3. The average Bonchev–Trinajstić information content (AvgIpc) is 3.03. The van der Waals surface area contributed by atoms with Crippen molar-refractivity contribution in [1.82, 2.24) is 0 Å². The van der Waals surface area contributed by atoms with Crippen molar-refractivity contribution >= 4 is 46.6 Å². The van der Waals surface area contributed by atoms with Crippen LogP contribution >= 0.6 is 11.6 Å². The van der Waals surface area contributed by atoms with Crippen molar-refractivity contribution in [2.24, 2.45) is 0 Å². The van der Waals surface area contributed by atoms with Gasteiger partial charge in [0.25, 0.3) is 0 Å². The van der Waals surface area contributed by atoms with Gasteiger partial charge in [0.05, 0.1) is 26.3 Å². The van der Waals surface area contributed by atoms with E-state index in [1.54, 1.807) is 66.7 Å². The number of aryl methyl sites for hydroxylation is 1. The monoisotopic (exact) mass is 663 g/mol. The third kappa shape index (κ3) is 13.8. The number of amides is 3. The number of likely N-dealkylation sites (N-methyl/N-ethyl adjacent to an activating group) is 1. The van der Waals surface area contributed by atoms with Gasteiger partial charge in [-0.25, -0.2) is 9.59 Å². The maximum Gasteiger partial charge on any atom is 0.411 e. The molecule has 0 fully saturated rings. The number of ketones is 1. The van der Waals surface area contributed by atoms with Gasteiger partial charge in [-0.15, -0.1) is 0 Å². The predicted octanol–water partition coefficient (Wildman–Crippen LogP) is 10.1. The van der Waals surface area contributed by atoms with Crippen LogP contribution in [0.25, 0.3) is 0 Å². The first-order valence-electron chi connectivity index (χ1n) is 16.9. The van der Waals surface area contributed by atoms with E-state index in [1.807, 2.05) is 6.92 Å². The van der Waals surface area contributed by atoms with Gasteiger partial charge in [-0.2, -0.15) is 0 Å². The summed E-state index contributed by atoms with van der Waals surface area (Å²) in [6.45, 7) is 6.20. The SMILES string of the molecule is CCCCCCCCCCCC[N+](C)(C)CCOC(=O)Nc1ccc(C)c(NC(=O)Nc2ccccc2C(=O)c2ccc(Cl)cc2)c1. The molecule has 0 spiro atoms. The molecule has 0 radical (unpaired) electrons. The summed E-state index contributed by atoms with van der Waals surface area (Å²) in [5.74, 6) is -0.237. The molecule has 0 aliphatic rings. The number of carbonyl (C=O) groups is 3. The van der Waals surface area contributed by atoms with Crippen molar-refractivity contribution in [2.45, 2.75) is 78.1 Å². The Kier molecular flexibility index (Phi) is 15.8. The normalized spacial score (nSPS) is 11.2. The summed E-state index contributed by atoms with van der Waals surface area (Å²) in [6, 6.07) is 18.1. The molecular weight excluding hydrogens is 612 g/mol. The highest BCUT2D eigenvalue weighted by Crippen LogP contribution is 2.23. The van der Waals surface area contributed by atoms with Gasteiger partial charge in [0, 0.05) is 27.5 Å². The van der Waals surface area contributed by atoms with Crippen molar-refractivity contribution in [3.63, 3.8) is 0 Å². The molecule has 0 aliphatic carbocycles. The summed E-state index contributed by atoms with van der Waals surface area (Å²) in [4.78, 5) is 38.6. The molecule has 0 aromatic heterocycles. The van der Waals surface area contributed by atoms with Crippen LogP contribution < -0.4 is 16.0 Å². The molecule has 9 heteroatoms. The van der Waals surface area contributed by atoms with Crippen molar-refractivity contribution < 1.29 is 23.6 Å². The number of carbonyl (C=O) groups excluding carboxylic acids is 3. The molecule has 254 valence electrons. The lowest BCUT2D eigenvalue weighted by Gasteiger charge is -2.29. The number of nitrogens with one attached hydrogen (secondary N) is 3. The van der Waals surface area contributed by atoms with E-state index in [2.05, 4.69) is 37.0 Å². The van der Waals surface area contributed by atoms with E-state index in [-0.39, 0.29) is 5.78 Å². The quantitative estimate of drug-likeness (QED) is 0.0675. The highest BCUT2D eigenvalue weighted by atomic mass is 35.5. The summed E-state index contributed by atoms with van der Waals surface area (Å²) in [5, 5.41) is 8.89. The molecule has 47 heavy (non-hydrogen) atoms. The van der Waals surface area contributed by atoms with E-state index in [0.29, 0.717) is 39.8 Å². The van der Waals surface area contributed by atoms with Crippen LogP contribution in [0.15, 0.2) is 66.7 Å². The number of ether oxygens (including phenoxy) is 1. The highest BCUT2D eigenvalue weighted by molar-refractivity contribution is 6.30. The molecule has 0 saturated carbocycles. The Morgan fingerprint density at radius 3 is 2.02 bits per heavy atom. The molecule has 0 atom stereocenters. The van der Waals surface area contributed by atoms with Crippen LogP contribution in [0, 0.1) is 6.92 Å². The Morgan fingerprint density at radius 1 is 0.723 bits per heavy atom. The summed E-state index contributed by atoms with van der Waals surface area (Å²) >= 11 is 5.96. The van der Waals surface area contributed by atoms with Crippen LogP contribution in [-0.2, 0) is 4.74 Å². The predicted molar refractivity (Wildman–Crippen MR) is 194 cm³/mol. The Labute approximate surface area is 285 Å². The highest BCUT2D eigenvalue weighted by Gasteiger charge is 2.17. The number of hydrogen-bond donors (Lipinski definition) is 3. The first-order chi connectivity index (χ1) is 22.6. The Hall–Kier alpha value is -3.88. The van der Waals surface area contributed by atoms with Crippen molar-refractivity contribution in [1.29, 1.82) is 0 Å². The van der Waals surface area contributed by atoms with Gasteiger partial charge in [0.2, 0.25) is 0 Å². The summed E-state index contributed by atoms with van der Waals surface area (Å²) in [5.41, 5.74) is 2.99. The number of urea groups is 1. The maximum atomic E-state index is 13.1. The van der Waals surface area contributed by atoms with E-state index >= 15 is 0 Å². The molecule has 3 aromatic rings. The second-order valence-corrected chi connectivity index (χ2v) is 13.3. The van der Waals surface area contributed by atoms with Gasteiger partial charge in [-0.05, 0) is 73.9 Å². The number of rotatable bonds is 19. The molecule has 8 nitrogen and oxygen atoms in total. The minimum absolute atomic E-state index is 0.237. The molecule has 3 rings (SSSR count). The lowest BCUT2D eigenvalue weighted by Crippen LogP contribution is -2.43. The Morgan fingerprint density at radius 2 is 1.34 bits per heavy atom. The number of halogens is 1. The zero-order valence-electron chi connectivity index (χ0n) is 28.5. The van der Waals surface area contributed by atoms with Gasteiger partial charge >= 0.3 is 12.1 Å². The third-order valence-electron chi connectivity index (χ3n) is 8.31. The number of quaternary nitrogens is 1. The van der Waals surface area contributed by atoms with E-state index in [0.717, 1.165) is 23.1 Å².